The molecule has 2 aromatic rings. The summed E-state index contributed by atoms with van der Waals surface area (Å²) in [5.41, 5.74) is 0.492. The minimum atomic E-state index is -0.858. The van der Waals surface area contributed by atoms with Crippen molar-refractivity contribution in [3.63, 3.8) is 0 Å². The first-order valence-corrected chi connectivity index (χ1v) is 9.43. The van der Waals surface area contributed by atoms with Crippen LogP contribution in [-0.2, 0) is 25.6 Å². The lowest BCUT2D eigenvalue weighted by molar-refractivity contribution is -0.164. The lowest BCUT2D eigenvalue weighted by Gasteiger charge is -2.36. The molecule has 1 fully saturated rings. The Morgan fingerprint density at radius 3 is 2.64 bits per heavy atom. The van der Waals surface area contributed by atoms with Crippen molar-refractivity contribution in [2.24, 2.45) is 0 Å². The second-order valence-corrected chi connectivity index (χ2v) is 7.13. The average molecular weight is 387 g/mol. The number of nitrogens with zero attached hydrogens (tertiary/aromatic N) is 3. The molecule has 0 saturated carbocycles. The highest BCUT2D eigenvalue weighted by Crippen LogP contribution is 2.13. The zero-order valence-electron chi connectivity index (χ0n) is 16.3. The maximum absolute atomic E-state index is 12.6. The highest BCUT2D eigenvalue weighted by molar-refractivity contribution is 5.83. The first-order chi connectivity index (χ1) is 13.3. The zero-order valence-corrected chi connectivity index (χ0v) is 16.3. The summed E-state index contributed by atoms with van der Waals surface area (Å²) in [5.74, 6) is -0.706. The van der Waals surface area contributed by atoms with Crippen LogP contribution in [0.1, 0.15) is 27.2 Å². The number of benzene rings is 1. The van der Waals surface area contributed by atoms with Crippen LogP contribution >= 0.6 is 0 Å². The highest BCUT2D eigenvalue weighted by Gasteiger charge is 2.30. The first-order valence-electron chi connectivity index (χ1n) is 9.43. The molecule has 0 N–H and O–H groups in total. The molecule has 1 amide bonds. The number of carbonyl (C=O) groups is 2. The fourth-order valence-electron chi connectivity index (χ4n) is 3.46. The Balaban J connectivity index is 1.58. The average Bonchev–Trinajstić information content (AvgIpc) is 2.66. The first kappa shape index (κ1) is 20.0. The predicted octanol–water partition coefficient (Wildman–Crippen LogP) is 1.35. The van der Waals surface area contributed by atoms with Gasteiger partial charge >= 0.3 is 5.97 Å². The van der Waals surface area contributed by atoms with E-state index < -0.39 is 12.1 Å². The van der Waals surface area contributed by atoms with Gasteiger partial charge in [0.2, 0.25) is 5.43 Å². The van der Waals surface area contributed by atoms with E-state index in [1.807, 2.05) is 19.9 Å². The number of rotatable bonds is 5. The zero-order chi connectivity index (χ0) is 20.3. The molecule has 1 aliphatic heterocycles. The van der Waals surface area contributed by atoms with E-state index in [1.54, 1.807) is 34.7 Å². The van der Waals surface area contributed by atoms with Gasteiger partial charge in [0.05, 0.1) is 36.9 Å². The van der Waals surface area contributed by atoms with Crippen LogP contribution in [0.25, 0.3) is 10.9 Å². The monoisotopic (exact) mass is 387 g/mol. The Kier molecular flexibility index (Phi) is 6.08. The van der Waals surface area contributed by atoms with Crippen molar-refractivity contribution in [1.82, 2.24) is 14.7 Å². The molecule has 3 atom stereocenters. The second-order valence-electron chi connectivity index (χ2n) is 7.13. The van der Waals surface area contributed by atoms with E-state index in [9.17, 15) is 14.4 Å². The molecule has 3 rings (SSSR count). The van der Waals surface area contributed by atoms with Gasteiger partial charge in [0, 0.05) is 18.5 Å². The standard InChI is InChI=1S/C20H25N3O5/c1-13-11-22(12-14(2)27-13)20(26)15(3)28-19(25)8-9-23-17-7-5-4-6-16(17)18(24)10-21-23/h4-7,10,13-15H,8-9,11-12H2,1-3H3. The number of aryl methyl sites for hydroxylation is 1. The van der Waals surface area contributed by atoms with Gasteiger partial charge in [-0.15, -0.1) is 0 Å². The molecule has 0 bridgehead atoms. The molecule has 8 heteroatoms. The van der Waals surface area contributed by atoms with Crippen molar-refractivity contribution in [3.8, 4) is 0 Å². The van der Waals surface area contributed by atoms with Crippen molar-refractivity contribution >= 4 is 22.8 Å². The molecule has 1 saturated heterocycles. The third-order valence-corrected chi connectivity index (χ3v) is 4.68. The number of fused-ring (bicyclic) bond motifs is 1. The highest BCUT2D eigenvalue weighted by atomic mass is 16.5. The number of aromatic nitrogens is 2. The Hall–Kier alpha value is -2.74. The summed E-state index contributed by atoms with van der Waals surface area (Å²) in [6.07, 6.45) is 0.336. The topological polar surface area (TPSA) is 90.7 Å². The van der Waals surface area contributed by atoms with Gasteiger partial charge in [-0.25, -0.2) is 0 Å². The van der Waals surface area contributed by atoms with Gasteiger partial charge in [-0.05, 0) is 32.9 Å². The van der Waals surface area contributed by atoms with Gasteiger partial charge in [-0.1, -0.05) is 12.1 Å². The quantitative estimate of drug-likeness (QED) is 0.720. The number of para-hydroxylation sites is 1. The largest absolute Gasteiger partial charge is 0.452 e. The number of hydrogen-bond donors (Lipinski definition) is 0. The van der Waals surface area contributed by atoms with Gasteiger partial charge in [-0.3, -0.25) is 19.1 Å². The normalized spacial score (nSPS) is 20.8. The Morgan fingerprint density at radius 2 is 1.93 bits per heavy atom. The van der Waals surface area contributed by atoms with Crippen molar-refractivity contribution in [3.05, 3.63) is 40.7 Å². The SMILES string of the molecule is CC1CN(C(=O)C(C)OC(=O)CCn2ncc(=O)c3ccccc32)CC(C)O1. The summed E-state index contributed by atoms with van der Waals surface area (Å²) in [6, 6.07) is 7.09. The fourth-order valence-corrected chi connectivity index (χ4v) is 3.46. The van der Waals surface area contributed by atoms with Gasteiger partial charge in [0.1, 0.15) is 0 Å². The summed E-state index contributed by atoms with van der Waals surface area (Å²) >= 11 is 0. The van der Waals surface area contributed by atoms with Crippen molar-refractivity contribution in [1.29, 1.82) is 0 Å². The Morgan fingerprint density at radius 1 is 1.25 bits per heavy atom. The molecule has 3 unspecified atom stereocenters. The minimum absolute atomic E-state index is 0.0460. The molecule has 1 aromatic carbocycles. The van der Waals surface area contributed by atoms with Crippen LogP contribution in [0, 0.1) is 0 Å². The summed E-state index contributed by atoms with van der Waals surface area (Å²) < 4.78 is 12.5. The third kappa shape index (κ3) is 4.56. The molecule has 0 radical (unpaired) electrons. The summed E-state index contributed by atoms with van der Waals surface area (Å²) in [5, 5.41) is 4.64. The van der Waals surface area contributed by atoms with Gasteiger partial charge in [0.15, 0.2) is 6.10 Å². The predicted molar refractivity (Wildman–Crippen MR) is 103 cm³/mol. The minimum Gasteiger partial charge on any atom is -0.452 e. The van der Waals surface area contributed by atoms with E-state index in [0.717, 1.165) is 0 Å². The maximum atomic E-state index is 12.6. The molecule has 2 heterocycles. The lowest BCUT2D eigenvalue weighted by atomic mass is 10.2. The summed E-state index contributed by atoms with van der Waals surface area (Å²) in [4.78, 5) is 38.3. The number of ether oxygens (including phenoxy) is 2. The van der Waals surface area contributed by atoms with Crippen LogP contribution in [0.3, 0.4) is 0 Å². The van der Waals surface area contributed by atoms with E-state index in [2.05, 4.69) is 5.10 Å². The van der Waals surface area contributed by atoms with Crippen molar-refractivity contribution in [2.75, 3.05) is 13.1 Å². The third-order valence-electron chi connectivity index (χ3n) is 4.68. The Labute approximate surface area is 163 Å². The molecule has 1 aliphatic rings. The van der Waals surface area contributed by atoms with Crippen LogP contribution in [0.15, 0.2) is 35.3 Å². The number of amides is 1. The molecule has 1 aromatic heterocycles. The maximum Gasteiger partial charge on any atom is 0.308 e. The van der Waals surface area contributed by atoms with Crippen LogP contribution in [0.4, 0.5) is 0 Å². The van der Waals surface area contributed by atoms with E-state index in [1.165, 1.54) is 6.20 Å². The van der Waals surface area contributed by atoms with E-state index in [-0.39, 0.29) is 36.5 Å². The molecule has 8 nitrogen and oxygen atoms in total. The summed E-state index contributed by atoms with van der Waals surface area (Å²) in [6.45, 7) is 6.63. The molecule has 0 spiro atoms. The fraction of sp³-hybridized carbons (Fsp3) is 0.500. The lowest BCUT2D eigenvalue weighted by Crippen LogP contribution is -2.51. The van der Waals surface area contributed by atoms with Crippen molar-refractivity contribution in [2.45, 2.75) is 52.0 Å². The number of esters is 1. The van der Waals surface area contributed by atoms with Crippen LogP contribution in [0.2, 0.25) is 0 Å². The van der Waals surface area contributed by atoms with Crippen LogP contribution in [0.5, 0.6) is 0 Å². The van der Waals surface area contributed by atoms with Crippen LogP contribution < -0.4 is 5.43 Å². The summed E-state index contributed by atoms with van der Waals surface area (Å²) in [7, 11) is 0. The number of carbonyl (C=O) groups excluding carboxylic acids is 2. The molecule has 0 aliphatic carbocycles. The number of morpholine rings is 1. The Bertz CT molecular complexity index is 915. The van der Waals surface area contributed by atoms with Gasteiger partial charge in [0.25, 0.3) is 5.91 Å². The number of hydrogen-bond acceptors (Lipinski definition) is 6. The van der Waals surface area contributed by atoms with Gasteiger partial charge < -0.3 is 14.4 Å². The van der Waals surface area contributed by atoms with E-state index >= 15 is 0 Å². The molecular weight excluding hydrogens is 362 g/mol. The van der Waals surface area contributed by atoms with Gasteiger partial charge in [-0.2, -0.15) is 5.10 Å². The smallest absolute Gasteiger partial charge is 0.308 e. The molecule has 28 heavy (non-hydrogen) atoms. The second kappa shape index (κ2) is 8.52. The van der Waals surface area contributed by atoms with E-state index in [4.69, 9.17) is 9.47 Å². The molecule has 150 valence electrons. The van der Waals surface area contributed by atoms with Crippen molar-refractivity contribution < 1.29 is 19.1 Å². The van der Waals surface area contributed by atoms with Crippen LogP contribution in [-0.4, -0.2) is 58.0 Å². The van der Waals surface area contributed by atoms with E-state index in [0.29, 0.717) is 24.0 Å². The molecular formula is C20H25N3O5.